The Morgan fingerprint density at radius 3 is 2.84 bits per heavy atom. The number of fused-ring (bicyclic) bond motifs is 8. The standard InChI is InChI=1S/C29H29ClN2O6/c1-35-25-16-24-19-9-11-32(28(34)18-37-23-8-3-6-21(30)15-23)29(24)20-5-2-7-22(13-20)36-12-4-10-31-27(33)17-38-26(25)14-19/h2-3,5-8,13-16,29H,4,9-12,17-18H2,1H3,(H,31,33). The van der Waals surface area contributed by atoms with Crippen molar-refractivity contribution in [3.63, 3.8) is 0 Å². The van der Waals surface area contributed by atoms with Gasteiger partial charge in [0, 0.05) is 18.1 Å². The van der Waals surface area contributed by atoms with E-state index < -0.39 is 6.04 Å². The van der Waals surface area contributed by atoms with E-state index in [0.29, 0.717) is 60.6 Å². The first-order chi connectivity index (χ1) is 18.5. The Morgan fingerprint density at radius 1 is 1.13 bits per heavy atom. The van der Waals surface area contributed by atoms with Gasteiger partial charge in [0.05, 0.1) is 19.8 Å². The Morgan fingerprint density at radius 2 is 2.00 bits per heavy atom. The normalized spacial score (nSPS) is 17.2. The fraction of sp³-hybridized carbons (Fsp3) is 0.310. The van der Waals surface area contributed by atoms with Gasteiger partial charge in [0.2, 0.25) is 0 Å². The van der Waals surface area contributed by atoms with Crippen molar-refractivity contribution in [2.75, 3.05) is 40.0 Å². The molecule has 3 heterocycles. The number of amides is 2. The molecule has 3 aromatic carbocycles. The van der Waals surface area contributed by atoms with Gasteiger partial charge in [0.1, 0.15) is 11.5 Å². The molecule has 1 N–H and O–H groups in total. The van der Waals surface area contributed by atoms with Crippen LogP contribution in [0.25, 0.3) is 0 Å². The lowest BCUT2D eigenvalue weighted by atomic mass is 9.87. The number of halogens is 1. The molecule has 3 aliphatic heterocycles. The molecule has 6 bridgehead atoms. The molecular weight excluding hydrogens is 508 g/mol. The minimum atomic E-state index is -0.392. The molecule has 3 aliphatic rings. The molecule has 0 saturated heterocycles. The predicted molar refractivity (Wildman–Crippen MR) is 142 cm³/mol. The molecule has 0 spiro atoms. The molecule has 0 saturated carbocycles. The Balaban J connectivity index is 1.52. The van der Waals surface area contributed by atoms with E-state index in [1.54, 1.807) is 31.4 Å². The maximum Gasteiger partial charge on any atom is 0.261 e. The second kappa shape index (κ2) is 11.6. The Labute approximate surface area is 226 Å². The molecule has 8 nitrogen and oxygen atoms in total. The lowest BCUT2D eigenvalue weighted by molar-refractivity contribution is -0.135. The van der Waals surface area contributed by atoms with Crippen molar-refractivity contribution in [1.29, 1.82) is 0 Å². The number of nitrogens with zero attached hydrogens (tertiary/aromatic N) is 1. The van der Waals surface area contributed by atoms with E-state index in [0.717, 1.165) is 16.7 Å². The summed E-state index contributed by atoms with van der Waals surface area (Å²) in [6.45, 7) is 1.14. The molecule has 1 unspecified atom stereocenters. The van der Waals surface area contributed by atoms with Crippen molar-refractivity contribution in [2.24, 2.45) is 0 Å². The van der Waals surface area contributed by atoms with Gasteiger partial charge in [-0.1, -0.05) is 29.8 Å². The van der Waals surface area contributed by atoms with E-state index in [9.17, 15) is 9.59 Å². The minimum absolute atomic E-state index is 0.121. The molecule has 38 heavy (non-hydrogen) atoms. The van der Waals surface area contributed by atoms with Gasteiger partial charge in [0.25, 0.3) is 11.8 Å². The summed E-state index contributed by atoms with van der Waals surface area (Å²) < 4.78 is 23.2. The van der Waals surface area contributed by atoms with E-state index in [1.807, 2.05) is 41.3 Å². The first-order valence-corrected chi connectivity index (χ1v) is 12.9. The first-order valence-electron chi connectivity index (χ1n) is 12.5. The fourth-order valence-corrected chi connectivity index (χ4v) is 4.95. The molecule has 0 radical (unpaired) electrons. The number of benzene rings is 3. The number of carbonyl (C=O) groups is 2. The van der Waals surface area contributed by atoms with Gasteiger partial charge < -0.3 is 29.2 Å². The zero-order valence-electron chi connectivity index (χ0n) is 21.1. The van der Waals surface area contributed by atoms with Gasteiger partial charge in [-0.05, 0) is 72.0 Å². The van der Waals surface area contributed by atoms with Gasteiger partial charge in [-0.15, -0.1) is 0 Å². The highest BCUT2D eigenvalue weighted by Gasteiger charge is 2.34. The summed E-state index contributed by atoms with van der Waals surface area (Å²) in [5, 5.41) is 3.38. The molecule has 0 aliphatic carbocycles. The van der Waals surface area contributed by atoms with Crippen molar-refractivity contribution < 1.29 is 28.5 Å². The smallest absolute Gasteiger partial charge is 0.261 e. The van der Waals surface area contributed by atoms with Crippen molar-refractivity contribution in [3.8, 4) is 23.0 Å². The number of methoxy groups -OCH3 is 1. The third-order valence-corrected chi connectivity index (χ3v) is 6.81. The maximum absolute atomic E-state index is 13.5. The SMILES string of the molecule is COc1cc2c3cc1OCC(=O)NCCCOc1cccc(c1)C2N(C(=O)COc1cccc(Cl)c1)CC3. The van der Waals surface area contributed by atoms with Crippen LogP contribution in [0.3, 0.4) is 0 Å². The summed E-state index contributed by atoms with van der Waals surface area (Å²) in [5.41, 5.74) is 2.85. The average Bonchev–Trinajstić information content (AvgIpc) is 2.93. The van der Waals surface area contributed by atoms with Crippen LogP contribution in [0.1, 0.15) is 29.2 Å². The second-order valence-electron chi connectivity index (χ2n) is 9.10. The summed E-state index contributed by atoms with van der Waals surface area (Å²) in [5.74, 6) is 1.84. The number of carbonyl (C=O) groups excluding carboxylic acids is 2. The molecule has 1 atom stereocenters. The van der Waals surface area contributed by atoms with Crippen LogP contribution in [0.4, 0.5) is 0 Å². The lowest BCUT2D eigenvalue weighted by Crippen LogP contribution is -2.43. The van der Waals surface area contributed by atoms with Gasteiger partial charge in [0.15, 0.2) is 24.7 Å². The Bertz CT molecular complexity index is 1330. The highest BCUT2D eigenvalue weighted by molar-refractivity contribution is 6.30. The largest absolute Gasteiger partial charge is 0.494 e. The monoisotopic (exact) mass is 536 g/mol. The topological polar surface area (TPSA) is 86.3 Å². The number of hydrogen-bond donors (Lipinski definition) is 1. The summed E-state index contributed by atoms with van der Waals surface area (Å²) in [7, 11) is 1.56. The van der Waals surface area contributed by atoms with E-state index in [4.69, 9.17) is 30.5 Å². The number of nitrogens with one attached hydrogen (secondary N) is 1. The van der Waals surface area contributed by atoms with Gasteiger partial charge in [-0.25, -0.2) is 0 Å². The van der Waals surface area contributed by atoms with E-state index >= 15 is 0 Å². The third-order valence-electron chi connectivity index (χ3n) is 6.58. The van der Waals surface area contributed by atoms with Crippen LogP contribution in [-0.4, -0.2) is 56.7 Å². The van der Waals surface area contributed by atoms with Crippen LogP contribution in [0, 0.1) is 0 Å². The molecule has 0 aromatic heterocycles. The van der Waals surface area contributed by atoms with Crippen molar-refractivity contribution in [3.05, 3.63) is 82.4 Å². The molecule has 198 valence electrons. The second-order valence-corrected chi connectivity index (χ2v) is 9.54. The van der Waals surface area contributed by atoms with Crippen molar-refractivity contribution >= 4 is 23.4 Å². The predicted octanol–water partition coefficient (Wildman–Crippen LogP) is 4.18. The lowest BCUT2D eigenvalue weighted by Gasteiger charge is -2.38. The van der Waals surface area contributed by atoms with Crippen LogP contribution in [0.5, 0.6) is 23.0 Å². The summed E-state index contributed by atoms with van der Waals surface area (Å²) in [6, 6.07) is 18.1. The average molecular weight is 537 g/mol. The molecular formula is C29H29ClN2O6. The van der Waals surface area contributed by atoms with Crippen LogP contribution >= 0.6 is 11.6 Å². The van der Waals surface area contributed by atoms with Crippen LogP contribution in [0.2, 0.25) is 5.02 Å². The van der Waals surface area contributed by atoms with Crippen LogP contribution < -0.4 is 24.3 Å². The first kappa shape index (κ1) is 25.7. The zero-order valence-corrected chi connectivity index (χ0v) is 21.8. The van der Waals surface area contributed by atoms with E-state index in [2.05, 4.69) is 5.32 Å². The van der Waals surface area contributed by atoms with Gasteiger partial charge in [-0.3, -0.25) is 9.59 Å². The molecule has 9 heteroatoms. The Kier molecular flexibility index (Phi) is 7.89. The maximum atomic E-state index is 13.5. The summed E-state index contributed by atoms with van der Waals surface area (Å²) in [4.78, 5) is 27.6. The van der Waals surface area contributed by atoms with E-state index in [-0.39, 0.29) is 25.0 Å². The summed E-state index contributed by atoms with van der Waals surface area (Å²) >= 11 is 6.07. The van der Waals surface area contributed by atoms with Crippen molar-refractivity contribution in [1.82, 2.24) is 10.2 Å². The molecule has 0 fully saturated rings. The number of rotatable bonds is 4. The van der Waals surface area contributed by atoms with Gasteiger partial charge in [-0.2, -0.15) is 0 Å². The summed E-state index contributed by atoms with van der Waals surface area (Å²) in [6.07, 6.45) is 1.25. The van der Waals surface area contributed by atoms with Gasteiger partial charge >= 0.3 is 0 Å². The molecule has 6 rings (SSSR count). The van der Waals surface area contributed by atoms with Crippen molar-refractivity contribution in [2.45, 2.75) is 18.9 Å². The highest BCUT2D eigenvalue weighted by Crippen LogP contribution is 2.42. The van der Waals surface area contributed by atoms with E-state index in [1.165, 1.54) is 0 Å². The van der Waals surface area contributed by atoms with Crippen LogP contribution in [0.15, 0.2) is 60.7 Å². The quantitative estimate of drug-likeness (QED) is 0.538. The van der Waals surface area contributed by atoms with Crippen LogP contribution in [-0.2, 0) is 16.0 Å². The fourth-order valence-electron chi connectivity index (χ4n) is 4.77. The number of hydrogen-bond acceptors (Lipinski definition) is 6. The number of ether oxygens (including phenoxy) is 4. The minimum Gasteiger partial charge on any atom is -0.494 e. The molecule has 2 amide bonds. The zero-order chi connectivity index (χ0) is 26.5. The highest BCUT2D eigenvalue weighted by atomic mass is 35.5. The molecule has 3 aromatic rings. The Hall–Kier alpha value is -3.91. The third kappa shape index (κ3) is 5.81.